The molecule has 0 radical (unpaired) electrons. The monoisotopic (exact) mass is 618 g/mol. The van der Waals surface area contributed by atoms with Crippen LogP contribution in [0.4, 0.5) is 18.0 Å². The number of ether oxygens (including phenoxy) is 1. The molecule has 1 aliphatic heterocycles. The highest BCUT2D eigenvalue weighted by Gasteiger charge is 2.44. The first-order chi connectivity index (χ1) is 21.0. The fraction of sp³-hybridized carbons (Fsp3) is 0.452. The Morgan fingerprint density at radius 3 is 2.39 bits per heavy atom. The van der Waals surface area contributed by atoms with Crippen molar-refractivity contribution in [3.8, 4) is 0 Å². The third kappa shape index (κ3) is 9.04. The van der Waals surface area contributed by atoms with Crippen LogP contribution in [0.25, 0.3) is 0 Å². The number of nitrogens with one attached hydrogen (secondary N) is 4. The van der Waals surface area contributed by atoms with Crippen LogP contribution in [-0.4, -0.2) is 54.8 Å². The summed E-state index contributed by atoms with van der Waals surface area (Å²) in [5, 5.41) is 9.58. The van der Waals surface area contributed by atoms with Gasteiger partial charge in [-0.15, -0.1) is 0 Å². The SMILES string of the molecule is CCCC[C@H](OC(=O)NC(c1ccccc1)C(F)(F)c1cccc(F)c1)C(=O)N[C@@H](C[C@@H]1CCNC1=O)C(=O)C(=O)NCC. The Hall–Kier alpha value is -4.42. The van der Waals surface area contributed by atoms with Crippen LogP contribution >= 0.6 is 0 Å². The number of hydrogen-bond acceptors (Lipinski definition) is 6. The van der Waals surface area contributed by atoms with Gasteiger partial charge in [0.1, 0.15) is 11.9 Å². The molecule has 0 aliphatic carbocycles. The summed E-state index contributed by atoms with van der Waals surface area (Å²) in [7, 11) is 0. The second-order valence-corrected chi connectivity index (χ2v) is 10.5. The lowest BCUT2D eigenvalue weighted by atomic mass is 9.94. The second-order valence-electron chi connectivity index (χ2n) is 10.5. The van der Waals surface area contributed by atoms with Gasteiger partial charge in [0.2, 0.25) is 11.7 Å². The molecule has 1 aliphatic rings. The number of hydrogen-bond donors (Lipinski definition) is 4. The topological polar surface area (TPSA) is 143 Å². The van der Waals surface area contributed by atoms with Crippen molar-refractivity contribution < 1.29 is 41.9 Å². The molecule has 2 aromatic carbocycles. The molecule has 1 saturated heterocycles. The second kappa shape index (κ2) is 15.9. The number of unbranched alkanes of at least 4 members (excludes halogenated alkanes) is 1. The summed E-state index contributed by atoms with van der Waals surface area (Å²) in [5.74, 6) is -8.49. The largest absolute Gasteiger partial charge is 0.436 e. The van der Waals surface area contributed by atoms with Crippen LogP contribution in [0.2, 0.25) is 0 Å². The molecule has 0 aromatic heterocycles. The number of benzene rings is 2. The number of alkyl carbamates (subject to hydrolysis) is 1. The maximum Gasteiger partial charge on any atom is 0.408 e. The molecule has 3 rings (SSSR count). The lowest BCUT2D eigenvalue weighted by Crippen LogP contribution is -2.52. The molecule has 4 amide bonds. The fourth-order valence-electron chi connectivity index (χ4n) is 4.86. The highest BCUT2D eigenvalue weighted by atomic mass is 19.3. The van der Waals surface area contributed by atoms with E-state index in [-0.39, 0.29) is 30.9 Å². The maximum atomic E-state index is 15.7. The molecule has 1 heterocycles. The van der Waals surface area contributed by atoms with Gasteiger partial charge in [0, 0.05) is 24.6 Å². The molecule has 4 atom stereocenters. The molecule has 13 heteroatoms. The van der Waals surface area contributed by atoms with E-state index in [1.807, 2.05) is 6.92 Å². The Bertz CT molecular complexity index is 1330. The van der Waals surface area contributed by atoms with Crippen molar-refractivity contribution in [3.63, 3.8) is 0 Å². The van der Waals surface area contributed by atoms with Gasteiger partial charge < -0.3 is 26.0 Å². The van der Waals surface area contributed by atoms with Gasteiger partial charge in [-0.2, -0.15) is 8.78 Å². The van der Waals surface area contributed by atoms with Gasteiger partial charge in [-0.25, -0.2) is 9.18 Å². The molecule has 44 heavy (non-hydrogen) atoms. The van der Waals surface area contributed by atoms with Gasteiger partial charge in [-0.1, -0.05) is 55.8 Å². The molecule has 238 valence electrons. The van der Waals surface area contributed by atoms with E-state index >= 15 is 8.78 Å². The molecular formula is C31H37F3N4O6. The highest BCUT2D eigenvalue weighted by Crippen LogP contribution is 2.40. The Morgan fingerprint density at radius 1 is 1.05 bits per heavy atom. The quantitative estimate of drug-likeness (QED) is 0.225. The summed E-state index contributed by atoms with van der Waals surface area (Å²) < 4.78 is 50.7. The number of carbonyl (C=O) groups is 5. The Morgan fingerprint density at radius 2 is 1.77 bits per heavy atom. The van der Waals surface area contributed by atoms with Crippen molar-refractivity contribution in [2.24, 2.45) is 5.92 Å². The molecular weight excluding hydrogens is 581 g/mol. The zero-order valence-corrected chi connectivity index (χ0v) is 24.5. The van der Waals surface area contributed by atoms with Crippen molar-refractivity contribution >= 4 is 29.6 Å². The molecule has 0 spiro atoms. The third-order valence-electron chi connectivity index (χ3n) is 7.21. The molecule has 10 nitrogen and oxygen atoms in total. The minimum atomic E-state index is -3.80. The molecule has 0 bridgehead atoms. The predicted octanol–water partition coefficient (Wildman–Crippen LogP) is 3.66. The number of ketones is 1. The standard InChI is InChI=1S/C31H37F3N4O6/c1-3-5-14-24(28(41)37-23(25(39)29(42)35-4-2)17-20-15-16-36-27(20)40)44-30(43)38-26(19-10-7-6-8-11-19)31(33,34)21-12-9-13-22(32)18-21/h6-13,18,20,23-24,26H,3-5,14-17H2,1-2H3,(H,35,42)(H,36,40)(H,37,41)(H,38,43)/t20-,23-,24-,26?/m0/s1. The van der Waals surface area contributed by atoms with Crippen molar-refractivity contribution in [1.82, 2.24) is 21.3 Å². The normalized spacial score (nSPS) is 16.7. The lowest BCUT2D eigenvalue weighted by molar-refractivity contribution is -0.141. The minimum Gasteiger partial charge on any atom is -0.436 e. The van der Waals surface area contributed by atoms with Crippen LogP contribution in [0.3, 0.4) is 0 Å². The maximum absolute atomic E-state index is 15.7. The van der Waals surface area contributed by atoms with Gasteiger partial charge in [-0.3, -0.25) is 19.2 Å². The van der Waals surface area contributed by atoms with Crippen molar-refractivity contribution in [2.45, 2.75) is 70.1 Å². The first-order valence-electron chi connectivity index (χ1n) is 14.5. The molecule has 2 aromatic rings. The van der Waals surface area contributed by atoms with E-state index in [1.165, 1.54) is 24.3 Å². The highest BCUT2D eigenvalue weighted by molar-refractivity contribution is 6.38. The van der Waals surface area contributed by atoms with Crippen LogP contribution in [0.15, 0.2) is 54.6 Å². The van der Waals surface area contributed by atoms with Crippen LogP contribution in [0, 0.1) is 11.7 Å². The van der Waals surface area contributed by atoms with Gasteiger partial charge in [0.25, 0.3) is 17.7 Å². The Labute approximate surface area is 253 Å². The first kappa shape index (κ1) is 34.1. The van der Waals surface area contributed by atoms with E-state index in [1.54, 1.807) is 13.0 Å². The van der Waals surface area contributed by atoms with E-state index in [9.17, 15) is 28.4 Å². The molecule has 4 N–H and O–H groups in total. The summed E-state index contributed by atoms with van der Waals surface area (Å²) in [5.41, 5.74) is -0.690. The smallest absolute Gasteiger partial charge is 0.408 e. The summed E-state index contributed by atoms with van der Waals surface area (Å²) in [6, 6.07) is 7.72. The molecule has 1 fully saturated rings. The van der Waals surface area contributed by atoms with E-state index < -0.39 is 65.1 Å². The van der Waals surface area contributed by atoms with E-state index in [2.05, 4.69) is 21.3 Å². The zero-order chi connectivity index (χ0) is 32.3. The van der Waals surface area contributed by atoms with E-state index in [0.717, 1.165) is 18.2 Å². The summed E-state index contributed by atoms with van der Waals surface area (Å²) in [4.78, 5) is 63.8. The summed E-state index contributed by atoms with van der Waals surface area (Å²) >= 11 is 0. The number of amides is 4. The minimum absolute atomic E-state index is 0.00397. The number of carbonyl (C=O) groups excluding carboxylic acids is 5. The number of likely N-dealkylation sites (N-methyl/N-ethyl adjacent to an activating group) is 1. The average Bonchev–Trinajstić information content (AvgIpc) is 3.41. The van der Waals surface area contributed by atoms with Gasteiger partial charge in [-0.05, 0) is 50.3 Å². The number of halogens is 3. The van der Waals surface area contributed by atoms with Gasteiger partial charge in [0.15, 0.2) is 6.10 Å². The number of Topliss-reactive ketones (excluding diaryl/α,β-unsaturated/α-hetero) is 1. The fourth-order valence-corrected chi connectivity index (χ4v) is 4.86. The third-order valence-corrected chi connectivity index (χ3v) is 7.21. The van der Waals surface area contributed by atoms with Crippen LogP contribution < -0.4 is 21.3 Å². The summed E-state index contributed by atoms with van der Waals surface area (Å²) in [6.07, 6.45) is -1.67. The zero-order valence-electron chi connectivity index (χ0n) is 24.5. The molecule has 0 saturated carbocycles. The van der Waals surface area contributed by atoms with Gasteiger partial charge >= 0.3 is 6.09 Å². The van der Waals surface area contributed by atoms with E-state index in [0.29, 0.717) is 31.9 Å². The predicted molar refractivity (Wildman–Crippen MR) is 154 cm³/mol. The number of alkyl halides is 2. The van der Waals surface area contributed by atoms with Crippen molar-refractivity contribution in [3.05, 3.63) is 71.5 Å². The lowest BCUT2D eigenvalue weighted by Gasteiger charge is -2.29. The van der Waals surface area contributed by atoms with Crippen molar-refractivity contribution in [1.29, 1.82) is 0 Å². The van der Waals surface area contributed by atoms with Crippen molar-refractivity contribution in [2.75, 3.05) is 13.1 Å². The van der Waals surface area contributed by atoms with E-state index in [4.69, 9.17) is 4.74 Å². The van der Waals surface area contributed by atoms with Crippen LogP contribution in [0.1, 0.15) is 63.1 Å². The van der Waals surface area contributed by atoms with Crippen LogP contribution in [-0.2, 0) is 29.8 Å². The first-order valence-corrected chi connectivity index (χ1v) is 14.5. The van der Waals surface area contributed by atoms with Crippen LogP contribution in [0.5, 0.6) is 0 Å². The average molecular weight is 619 g/mol. The Kier molecular flexibility index (Phi) is 12.3. The summed E-state index contributed by atoms with van der Waals surface area (Å²) in [6.45, 7) is 3.96. The molecule has 1 unspecified atom stereocenters. The number of rotatable bonds is 15. The Balaban J connectivity index is 1.83. The van der Waals surface area contributed by atoms with Gasteiger partial charge in [0.05, 0.1) is 6.04 Å².